The van der Waals surface area contributed by atoms with E-state index in [-0.39, 0.29) is 0 Å². The van der Waals surface area contributed by atoms with Crippen molar-refractivity contribution in [2.45, 2.75) is 24.0 Å². The van der Waals surface area contributed by atoms with E-state index < -0.39 is 53.4 Å². The number of nitrogens with one attached hydrogen (secondary N) is 1. The number of carbonyl (C=O) groups is 1. The van der Waals surface area contributed by atoms with Crippen LogP contribution < -0.4 is 11.2 Å². The number of aromatic nitrogens is 2. The number of carboxylic acid groups (broad SMARTS) is 1. The van der Waals surface area contributed by atoms with Gasteiger partial charge in [-0.25, -0.2) is 9.59 Å². The minimum Gasteiger partial charge on any atom is -0.477 e. The Morgan fingerprint density at radius 2 is 2.14 bits per heavy atom. The van der Waals surface area contributed by atoms with Crippen molar-refractivity contribution in [3.05, 3.63) is 45.3 Å². The average Bonchev–Trinajstić information content (AvgIpc) is 2.72. The van der Waals surface area contributed by atoms with Gasteiger partial charge in [0.25, 0.3) is 5.56 Å². The fourth-order valence-corrected chi connectivity index (χ4v) is 2.32. The fraction of sp³-hybridized carbons (Fsp3) is 0.417. The number of aromatic amines is 1. The molecule has 0 radical (unpaired) electrons. The maximum absolute atomic E-state index is 11.9. The molecule has 1 aromatic rings. The first-order valence-corrected chi connectivity index (χ1v) is 6.16. The first-order valence-electron chi connectivity index (χ1n) is 6.16. The Labute approximate surface area is 122 Å². The predicted molar refractivity (Wildman–Crippen MR) is 70.4 cm³/mol. The first kappa shape index (κ1) is 16.1. The van der Waals surface area contributed by atoms with Crippen LogP contribution in [0, 0.1) is 0 Å². The van der Waals surface area contributed by atoms with E-state index in [1.165, 1.54) is 0 Å². The number of ether oxygens (including phenoxy) is 1. The number of hydrogen-bond acceptors (Lipinski definition) is 7. The highest BCUT2D eigenvalue weighted by Gasteiger charge is 2.54. The largest absolute Gasteiger partial charge is 0.477 e. The highest BCUT2D eigenvalue weighted by molar-refractivity contribution is 5.86. The standard InChI is InChI=1S/C12H14N2O8/c1-2-12(8(17)7(16)6(4-15)22-12)14-3-5(10(19)20)9(18)13-11(14)21/h2-3,6-8,15-17H,1,4H2,(H,19,20)(H,13,18,21)/t6-,7-,8-,12-/m1/s1. The van der Waals surface area contributed by atoms with E-state index in [9.17, 15) is 24.6 Å². The molecular weight excluding hydrogens is 300 g/mol. The Bertz CT molecular complexity index is 723. The van der Waals surface area contributed by atoms with Gasteiger partial charge in [-0.3, -0.25) is 14.3 Å². The van der Waals surface area contributed by atoms with Gasteiger partial charge in [-0.2, -0.15) is 0 Å². The molecule has 2 heterocycles. The van der Waals surface area contributed by atoms with Crippen molar-refractivity contribution in [3.63, 3.8) is 0 Å². The maximum Gasteiger partial charge on any atom is 0.342 e. The Morgan fingerprint density at radius 3 is 2.59 bits per heavy atom. The molecule has 0 saturated carbocycles. The van der Waals surface area contributed by atoms with E-state index in [0.29, 0.717) is 10.8 Å². The third-order valence-electron chi connectivity index (χ3n) is 3.49. The summed E-state index contributed by atoms with van der Waals surface area (Å²) in [6, 6.07) is 0. The number of aliphatic hydroxyl groups is 3. The van der Waals surface area contributed by atoms with Gasteiger partial charge in [0.05, 0.1) is 6.61 Å². The summed E-state index contributed by atoms with van der Waals surface area (Å²) in [6.45, 7) is 2.75. The molecule has 4 atom stereocenters. The summed E-state index contributed by atoms with van der Waals surface area (Å²) in [7, 11) is 0. The number of nitrogens with zero attached hydrogens (tertiary/aromatic N) is 1. The molecule has 0 bridgehead atoms. The second-order valence-electron chi connectivity index (χ2n) is 4.71. The van der Waals surface area contributed by atoms with E-state index in [1.807, 2.05) is 0 Å². The van der Waals surface area contributed by atoms with Gasteiger partial charge in [0.1, 0.15) is 23.9 Å². The minimum absolute atomic E-state index is 0.606. The molecule has 5 N–H and O–H groups in total. The van der Waals surface area contributed by atoms with Crippen LogP contribution in [0.25, 0.3) is 0 Å². The number of aliphatic hydroxyl groups excluding tert-OH is 3. The summed E-state index contributed by atoms with van der Waals surface area (Å²) in [5, 5.41) is 38.0. The molecule has 0 amide bonds. The predicted octanol–water partition coefficient (Wildman–Crippen LogP) is -2.81. The number of H-pyrrole nitrogens is 1. The van der Waals surface area contributed by atoms with Crippen LogP contribution in [0.3, 0.4) is 0 Å². The molecule has 0 aromatic carbocycles. The zero-order chi connectivity index (χ0) is 16.7. The molecule has 22 heavy (non-hydrogen) atoms. The third-order valence-corrected chi connectivity index (χ3v) is 3.49. The third kappa shape index (κ3) is 2.18. The fourth-order valence-electron chi connectivity index (χ4n) is 2.32. The van der Waals surface area contributed by atoms with Crippen LogP contribution in [0.5, 0.6) is 0 Å². The number of aromatic carboxylic acids is 1. The molecular formula is C12H14N2O8. The van der Waals surface area contributed by atoms with Crippen molar-refractivity contribution in [2.75, 3.05) is 6.61 Å². The van der Waals surface area contributed by atoms with Crippen molar-refractivity contribution < 1.29 is 30.0 Å². The van der Waals surface area contributed by atoms with Crippen molar-refractivity contribution in [1.82, 2.24) is 9.55 Å². The lowest BCUT2D eigenvalue weighted by Gasteiger charge is -2.30. The van der Waals surface area contributed by atoms with Crippen molar-refractivity contribution >= 4 is 5.97 Å². The summed E-state index contributed by atoms with van der Waals surface area (Å²) < 4.78 is 5.90. The molecule has 1 aliphatic heterocycles. The number of hydrogen-bond donors (Lipinski definition) is 5. The van der Waals surface area contributed by atoms with Gasteiger partial charge in [-0.15, -0.1) is 0 Å². The van der Waals surface area contributed by atoms with Crippen molar-refractivity contribution in [1.29, 1.82) is 0 Å². The highest BCUT2D eigenvalue weighted by atomic mass is 16.6. The van der Waals surface area contributed by atoms with Gasteiger partial charge < -0.3 is 25.2 Å². The topological polar surface area (TPSA) is 162 Å². The van der Waals surface area contributed by atoms with Crippen LogP contribution in [0.4, 0.5) is 0 Å². The second kappa shape index (κ2) is 5.50. The average molecular weight is 314 g/mol. The van der Waals surface area contributed by atoms with Gasteiger partial charge >= 0.3 is 11.7 Å². The SMILES string of the molecule is C=C[C@@]1(n2cc(C(=O)O)c(=O)[nH]c2=O)O[C@H](CO)[C@@H](O)[C@H]1O. The monoisotopic (exact) mass is 314 g/mol. The normalized spacial score (nSPS) is 31.1. The number of carboxylic acids is 1. The molecule has 0 spiro atoms. The van der Waals surface area contributed by atoms with Crippen LogP contribution in [0.1, 0.15) is 10.4 Å². The lowest BCUT2D eigenvalue weighted by atomic mass is 10.0. The van der Waals surface area contributed by atoms with Crippen LogP contribution >= 0.6 is 0 Å². The summed E-state index contributed by atoms with van der Waals surface area (Å²) in [5.74, 6) is -1.60. The van der Waals surface area contributed by atoms with E-state index in [4.69, 9.17) is 14.9 Å². The molecule has 0 aliphatic carbocycles. The molecule has 10 heteroatoms. The smallest absolute Gasteiger partial charge is 0.342 e. The zero-order valence-corrected chi connectivity index (χ0v) is 11.2. The van der Waals surface area contributed by atoms with Crippen LogP contribution in [0.15, 0.2) is 28.4 Å². The Balaban J connectivity index is 2.70. The Morgan fingerprint density at radius 1 is 1.50 bits per heavy atom. The molecule has 1 aromatic heterocycles. The maximum atomic E-state index is 11.9. The van der Waals surface area contributed by atoms with Crippen LogP contribution in [0.2, 0.25) is 0 Å². The summed E-state index contributed by atoms with van der Waals surface area (Å²) in [4.78, 5) is 36.2. The van der Waals surface area contributed by atoms with Crippen LogP contribution in [-0.2, 0) is 10.5 Å². The van der Waals surface area contributed by atoms with Gasteiger partial charge in [0, 0.05) is 6.20 Å². The number of rotatable bonds is 4. The van der Waals surface area contributed by atoms with Gasteiger partial charge in [-0.05, 0) is 6.08 Å². The zero-order valence-electron chi connectivity index (χ0n) is 11.2. The molecule has 0 unspecified atom stereocenters. The van der Waals surface area contributed by atoms with E-state index in [1.54, 1.807) is 4.98 Å². The molecule has 1 aliphatic rings. The van der Waals surface area contributed by atoms with Gasteiger partial charge in [-0.1, -0.05) is 6.58 Å². The van der Waals surface area contributed by atoms with Crippen molar-refractivity contribution in [3.8, 4) is 0 Å². The summed E-state index contributed by atoms with van der Waals surface area (Å²) in [6.07, 6.45) is -2.83. The first-order chi connectivity index (χ1) is 10.3. The van der Waals surface area contributed by atoms with Crippen molar-refractivity contribution in [2.24, 2.45) is 0 Å². The minimum atomic E-state index is -2.03. The second-order valence-corrected chi connectivity index (χ2v) is 4.71. The highest BCUT2D eigenvalue weighted by Crippen LogP contribution is 2.35. The Kier molecular flexibility index (Phi) is 4.02. The summed E-state index contributed by atoms with van der Waals surface area (Å²) in [5.41, 5.74) is -4.99. The van der Waals surface area contributed by atoms with E-state index in [0.717, 1.165) is 6.08 Å². The quantitative estimate of drug-likeness (QED) is 0.372. The molecule has 1 fully saturated rings. The lowest BCUT2D eigenvalue weighted by Crippen LogP contribution is -2.51. The Hall–Kier alpha value is -2.27. The summed E-state index contributed by atoms with van der Waals surface area (Å²) >= 11 is 0. The molecule has 1 saturated heterocycles. The van der Waals surface area contributed by atoms with E-state index >= 15 is 0 Å². The molecule has 10 nitrogen and oxygen atoms in total. The van der Waals surface area contributed by atoms with E-state index in [2.05, 4.69) is 6.58 Å². The lowest BCUT2D eigenvalue weighted by molar-refractivity contribution is -0.115. The molecule has 2 rings (SSSR count). The van der Waals surface area contributed by atoms with Gasteiger partial charge in [0.15, 0.2) is 5.72 Å². The van der Waals surface area contributed by atoms with Crippen LogP contribution in [-0.4, -0.2) is 60.9 Å². The van der Waals surface area contributed by atoms with Gasteiger partial charge in [0.2, 0.25) is 0 Å². The molecule has 120 valence electrons.